The van der Waals surface area contributed by atoms with Gasteiger partial charge in [0, 0.05) is 20.6 Å². The van der Waals surface area contributed by atoms with Crippen LogP contribution in [0.4, 0.5) is 0 Å². The number of ketones is 1. The highest BCUT2D eigenvalue weighted by atomic mass is 16.6. The number of rotatable bonds is 8. The molecule has 0 heterocycles. The molecule has 0 radical (unpaired) electrons. The molecule has 0 aliphatic heterocycles. The van der Waals surface area contributed by atoms with E-state index in [0.29, 0.717) is 0 Å². The number of Topliss-reactive ketones (excluding diaryl/α,β-unsaturated/α-hetero) is 1. The second-order valence-electron chi connectivity index (χ2n) is 3.37. The molecular formula is C10H18O6. The van der Waals surface area contributed by atoms with Crippen LogP contribution in [0.3, 0.4) is 0 Å². The van der Waals surface area contributed by atoms with Gasteiger partial charge >= 0.3 is 5.97 Å². The van der Waals surface area contributed by atoms with Crippen molar-refractivity contribution >= 4 is 11.8 Å². The van der Waals surface area contributed by atoms with E-state index in [9.17, 15) is 14.7 Å². The maximum atomic E-state index is 11.4. The molecule has 0 aromatic carbocycles. The van der Waals surface area contributed by atoms with Gasteiger partial charge in [-0.25, -0.2) is 4.79 Å². The van der Waals surface area contributed by atoms with Gasteiger partial charge in [-0.2, -0.15) is 0 Å². The monoisotopic (exact) mass is 234 g/mol. The van der Waals surface area contributed by atoms with Gasteiger partial charge in [0.2, 0.25) is 5.60 Å². The van der Waals surface area contributed by atoms with Crippen molar-refractivity contribution in [2.24, 2.45) is 0 Å². The molecule has 0 saturated heterocycles. The summed E-state index contributed by atoms with van der Waals surface area (Å²) in [5, 5.41) is 9.66. The average molecular weight is 234 g/mol. The van der Waals surface area contributed by atoms with E-state index in [1.54, 1.807) is 0 Å². The summed E-state index contributed by atoms with van der Waals surface area (Å²) in [5.74, 6) is -1.59. The molecule has 1 unspecified atom stereocenters. The summed E-state index contributed by atoms with van der Waals surface area (Å²) in [7, 11) is 2.88. The zero-order chi connectivity index (χ0) is 12.6. The Hall–Kier alpha value is -0.980. The van der Waals surface area contributed by atoms with Crippen molar-refractivity contribution in [3.63, 3.8) is 0 Å². The third-order valence-electron chi connectivity index (χ3n) is 1.99. The summed E-state index contributed by atoms with van der Waals surface area (Å²) in [6.45, 7) is 1.48. The highest BCUT2D eigenvalue weighted by Crippen LogP contribution is 2.10. The highest BCUT2D eigenvalue weighted by Gasteiger charge is 2.39. The third kappa shape index (κ3) is 4.69. The standard InChI is InChI=1S/C10H18O6/c1-10(13,8(11)4-5-14-2)9(12)16-7-6-15-3/h13H,4-7H2,1-3H3. The van der Waals surface area contributed by atoms with E-state index >= 15 is 0 Å². The topological polar surface area (TPSA) is 82.1 Å². The van der Waals surface area contributed by atoms with Crippen LogP contribution in [0, 0.1) is 0 Å². The number of methoxy groups -OCH3 is 2. The molecule has 6 nitrogen and oxygen atoms in total. The molecule has 0 bridgehead atoms. The number of esters is 1. The van der Waals surface area contributed by atoms with Crippen molar-refractivity contribution in [3.8, 4) is 0 Å². The number of hydrogen-bond acceptors (Lipinski definition) is 6. The Labute approximate surface area is 94.5 Å². The number of hydrogen-bond donors (Lipinski definition) is 1. The lowest BCUT2D eigenvalue weighted by Gasteiger charge is -2.19. The number of carbonyl (C=O) groups is 2. The number of aliphatic hydroxyl groups is 1. The van der Waals surface area contributed by atoms with E-state index in [-0.39, 0.29) is 26.2 Å². The highest BCUT2D eigenvalue weighted by molar-refractivity contribution is 6.06. The Morgan fingerprint density at radius 2 is 1.69 bits per heavy atom. The van der Waals surface area contributed by atoms with Gasteiger partial charge in [-0.05, 0) is 6.92 Å². The lowest BCUT2D eigenvalue weighted by molar-refractivity contribution is -0.170. The molecule has 0 aliphatic rings. The first-order chi connectivity index (χ1) is 7.46. The molecule has 0 rings (SSSR count). The maximum absolute atomic E-state index is 11.4. The van der Waals surface area contributed by atoms with Crippen molar-refractivity contribution in [3.05, 3.63) is 0 Å². The predicted molar refractivity (Wildman–Crippen MR) is 55.0 cm³/mol. The minimum Gasteiger partial charge on any atom is -0.461 e. The van der Waals surface area contributed by atoms with Crippen LogP contribution in [0.2, 0.25) is 0 Å². The van der Waals surface area contributed by atoms with Crippen LogP contribution in [0.25, 0.3) is 0 Å². The molecule has 16 heavy (non-hydrogen) atoms. The van der Waals surface area contributed by atoms with Crippen LogP contribution in [-0.2, 0) is 23.8 Å². The Morgan fingerprint density at radius 3 is 2.19 bits per heavy atom. The largest absolute Gasteiger partial charge is 0.461 e. The molecule has 0 aliphatic carbocycles. The van der Waals surface area contributed by atoms with E-state index in [4.69, 9.17) is 0 Å². The van der Waals surface area contributed by atoms with Crippen LogP contribution < -0.4 is 0 Å². The van der Waals surface area contributed by atoms with E-state index in [1.165, 1.54) is 14.2 Å². The molecule has 0 aromatic heterocycles. The number of carbonyl (C=O) groups excluding carboxylic acids is 2. The van der Waals surface area contributed by atoms with Crippen LogP contribution >= 0.6 is 0 Å². The van der Waals surface area contributed by atoms with E-state index in [1.807, 2.05) is 0 Å². The molecule has 1 N–H and O–H groups in total. The van der Waals surface area contributed by atoms with Crippen molar-refractivity contribution in [2.75, 3.05) is 34.0 Å². The van der Waals surface area contributed by atoms with Crippen molar-refractivity contribution < 1.29 is 28.9 Å². The second-order valence-corrected chi connectivity index (χ2v) is 3.37. The van der Waals surface area contributed by atoms with Gasteiger partial charge in [0.05, 0.1) is 13.2 Å². The molecular weight excluding hydrogens is 216 g/mol. The van der Waals surface area contributed by atoms with Crippen LogP contribution in [-0.4, -0.2) is 56.5 Å². The Kier molecular flexibility index (Phi) is 6.87. The zero-order valence-electron chi connectivity index (χ0n) is 9.82. The van der Waals surface area contributed by atoms with E-state index < -0.39 is 17.4 Å². The van der Waals surface area contributed by atoms with Gasteiger partial charge in [0.1, 0.15) is 6.61 Å². The molecule has 0 aromatic rings. The number of ether oxygens (including phenoxy) is 3. The van der Waals surface area contributed by atoms with Gasteiger partial charge in [0.25, 0.3) is 0 Å². The van der Waals surface area contributed by atoms with E-state index in [0.717, 1.165) is 6.92 Å². The van der Waals surface area contributed by atoms with Gasteiger partial charge < -0.3 is 19.3 Å². The van der Waals surface area contributed by atoms with Crippen molar-refractivity contribution in [2.45, 2.75) is 18.9 Å². The first kappa shape index (κ1) is 15.0. The fraction of sp³-hybridized carbons (Fsp3) is 0.800. The summed E-state index contributed by atoms with van der Waals surface area (Å²) in [4.78, 5) is 22.8. The normalized spacial score (nSPS) is 14.2. The fourth-order valence-corrected chi connectivity index (χ4v) is 0.910. The van der Waals surface area contributed by atoms with Gasteiger partial charge in [-0.3, -0.25) is 4.79 Å². The average Bonchev–Trinajstić information content (AvgIpc) is 2.25. The SMILES string of the molecule is COCCOC(=O)C(C)(O)C(=O)CCOC. The molecule has 0 spiro atoms. The zero-order valence-corrected chi connectivity index (χ0v) is 9.82. The van der Waals surface area contributed by atoms with E-state index in [2.05, 4.69) is 14.2 Å². The summed E-state index contributed by atoms with van der Waals surface area (Å²) >= 11 is 0. The molecule has 1 atom stereocenters. The fourth-order valence-electron chi connectivity index (χ4n) is 0.910. The lowest BCUT2D eigenvalue weighted by atomic mass is 9.99. The smallest absolute Gasteiger partial charge is 0.345 e. The van der Waals surface area contributed by atoms with Crippen LogP contribution in [0.5, 0.6) is 0 Å². The minimum absolute atomic E-state index is 0.00302. The van der Waals surface area contributed by atoms with Crippen molar-refractivity contribution in [1.29, 1.82) is 0 Å². The molecule has 0 saturated carbocycles. The minimum atomic E-state index is -2.12. The molecule has 0 fully saturated rings. The quantitative estimate of drug-likeness (QED) is 0.347. The maximum Gasteiger partial charge on any atom is 0.345 e. The summed E-state index contributed by atoms with van der Waals surface area (Å²) < 4.78 is 14.0. The Balaban J connectivity index is 4.17. The lowest BCUT2D eigenvalue weighted by Crippen LogP contribution is -2.45. The molecule has 94 valence electrons. The summed E-state index contributed by atoms with van der Waals surface area (Å²) in [5.41, 5.74) is -2.12. The van der Waals surface area contributed by atoms with Gasteiger partial charge in [-0.15, -0.1) is 0 Å². The Morgan fingerprint density at radius 1 is 1.12 bits per heavy atom. The van der Waals surface area contributed by atoms with Crippen molar-refractivity contribution in [1.82, 2.24) is 0 Å². The first-order valence-electron chi connectivity index (χ1n) is 4.87. The summed E-state index contributed by atoms with van der Waals surface area (Å²) in [6.07, 6.45) is -0.0388. The molecule has 6 heteroatoms. The Bertz CT molecular complexity index is 235. The third-order valence-corrected chi connectivity index (χ3v) is 1.99. The van der Waals surface area contributed by atoms with Gasteiger partial charge in [-0.1, -0.05) is 0 Å². The second kappa shape index (κ2) is 7.32. The van der Waals surface area contributed by atoms with Crippen LogP contribution in [0.1, 0.15) is 13.3 Å². The summed E-state index contributed by atoms with van der Waals surface area (Å²) in [6, 6.07) is 0. The first-order valence-corrected chi connectivity index (χ1v) is 4.87. The predicted octanol–water partition coefficient (Wildman–Crippen LogP) is -0.467. The van der Waals surface area contributed by atoms with Crippen LogP contribution in [0.15, 0.2) is 0 Å². The molecule has 0 amide bonds. The van der Waals surface area contributed by atoms with Gasteiger partial charge in [0.15, 0.2) is 5.78 Å².